The van der Waals surface area contributed by atoms with Crippen LogP contribution in [-0.2, 0) is 0 Å². The maximum Gasteiger partial charge on any atom is 0.289 e. The van der Waals surface area contributed by atoms with E-state index in [4.69, 9.17) is 16.0 Å². The summed E-state index contributed by atoms with van der Waals surface area (Å²) in [5.74, 6) is 0.352. The van der Waals surface area contributed by atoms with Gasteiger partial charge in [0.1, 0.15) is 0 Å². The van der Waals surface area contributed by atoms with E-state index in [1.54, 1.807) is 12.1 Å². The quantitative estimate of drug-likeness (QED) is 0.860. The molecular formula is C15H21ClN2O2. The normalized spacial score (nSPS) is 27.4. The van der Waals surface area contributed by atoms with Gasteiger partial charge in [0, 0.05) is 18.6 Å². The molecule has 0 aromatic carbocycles. The van der Waals surface area contributed by atoms with Crippen molar-refractivity contribution >= 4 is 17.5 Å². The van der Waals surface area contributed by atoms with Crippen molar-refractivity contribution < 1.29 is 9.21 Å². The second kappa shape index (κ2) is 5.78. The minimum atomic E-state index is -0.0117. The summed E-state index contributed by atoms with van der Waals surface area (Å²) in [4.78, 5) is 17.1. The standard InChI is InChI=1S/C15H21ClN2O2/c1-2-17-9-3-5-11(17)12-6-4-10-18(12)15(19)13-7-8-14(16)20-13/h7-8,11-12H,2-6,9-10H2,1H3/t11-,12-/m0/s1. The summed E-state index contributed by atoms with van der Waals surface area (Å²) < 4.78 is 5.28. The molecule has 0 aliphatic carbocycles. The summed E-state index contributed by atoms with van der Waals surface area (Å²) in [5, 5.41) is 0.278. The Labute approximate surface area is 124 Å². The highest BCUT2D eigenvalue weighted by atomic mass is 35.5. The van der Waals surface area contributed by atoms with Crippen molar-refractivity contribution in [3.05, 3.63) is 23.1 Å². The summed E-state index contributed by atoms with van der Waals surface area (Å²) >= 11 is 5.77. The van der Waals surface area contributed by atoms with Gasteiger partial charge in [-0.1, -0.05) is 6.92 Å². The molecule has 0 bridgehead atoms. The van der Waals surface area contributed by atoms with E-state index in [2.05, 4.69) is 11.8 Å². The van der Waals surface area contributed by atoms with Crippen molar-refractivity contribution in [3.8, 4) is 0 Å². The molecule has 0 spiro atoms. The first-order chi connectivity index (χ1) is 9.70. The number of hydrogen-bond acceptors (Lipinski definition) is 3. The molecule has 2 fully saturated rings. The van der Waals surface area contributed by atoms with Crippen LogP contribution < -0.4 is 0 Å². The molecule has 110 valence electrons. The molecule has 3 heterocycles. The summed E-state index contributed by atoms with van der Waals surface area (Å²) in [6.45, 7) is 5.25. The third-order valence-corrected chi connectivity index (χ3v) is 4.81. The molecule has 2 aliphatic heterocycles. The highest BCUT2D eigenvalue weighted by molar-refractivity contribution is 6.29. The number of likely N-dealkylation sites (N-methyl/N-ethyl adjacent to an activating group) is 1. The average molecular weight is 297 g/mol. The molecule has 2 atom stereocenters. The molecule has 1 aromatic rings. The first-order valence-electron chi connectivity index (χ1n) is 7.51. The topological polar surface area (TPSA) is 36.7 Å². The lowest BCUT2D eigenvalue weighted by molar-refractivity contribution is 0.0619. The number of hydrogen-bond donors (Lipinski definition) is 0. The van der Waals surface area contributed by atoms with Gasteiger partial charge < -0.3 is 9.32 Å². The van der Waals surface area contributed by atoms with Crippen LogP contribution in [-0.4, -0.2) is 47.4 Å². The summed E-state index contributed by atoms with van der Waals surface area (Å²) in [6.07, 6.45) is 4.62. The van der Waals surface area contributed by atoms with Gasteiger partial charge in [-0.15, -0.1) is 0 Å². The number of halogens is 1. The molecule has 0 unspecified atom stereocenters. The summed E-state index contributed by atoms with van der Waals surface area (Å²) in [6, 6.07) is 4.14. The van der Waals surface area contributed by atoms with Crippen molar-refractivity contribution in [2.75, 3.05) is 19.6 Å². The second-order valence-electron chi connectivity index (χ2n) is 5.65. The molecule has 1 aromatic heterocycles. The highest BCUT2D eigenvalue weighted by Gasteiger charge is 2.39. The number of carbonyl (C=O) groups is 1. The minimum Gasteiger partial charge on any atom is -0.440 e. The zero-order chi connectivity index (χ0) is 14.1. The van der Waals surface area contributed by atoms with E-state index in [0.717, 1.165) is 32.5 Å². The molecule has 4 nitrogen and oxygen atoms in total. The van der Waals surface area contributed by atoms with E-state index in [0.29, 0.717) is 17.8 Å². The van der Waals surface area contributed by atoms with Crippen molar-refractivity contribution in [2.24, 2.45) is 0 Å². The predicted molar refractivity (Wildman–Crippen MR) is 78.0 cm³/mol. The largest absolute Gasteiger partial charge is 0.440 e. The fourth-order valence-electron chi connectivity index (χ4n) is 3.70. The lowest BCUT2D eigenvalue weighted by Crippen LogP contribution is -2.48. The fourth-order valence-corrected chi connectivity index (χ4v) is 3.84. The maximum absolute atomic E-state index is 12.6. The maximum atomic E-state index is 12.6. The first kappa shape index (κ1) is 14.0. The average Bonchev–Trinajstić information content (AvgIpc) is 3.16. The van der Waals surface area contributed by atoms with Gasteiger partial charge in [-0.05, 0) is 62.5 Å². The molecule has 20 heavy (non-hydrogen) atoms. The number of likely N-dealkylation sites (tertiary alicyclic amines) is 2. The predicted octanol–water partition coefficient (Wildman–Crippen LogP) is 3.02. The van der Waals surface area contributed by atoms with Gasteiger partial charge in [0.15, 0.2) is 11.0 Å². The van der Waals surface area contributed by atoms with Crippen LogP contribution in [0.15, 0.2) is 16.5 Å². The zero-order valence-corrected chi connectivity index (χ0v) is 12.6. The molecule has 0 saturated carbocycles. The van der Waals surface area contributed by atoms with Crippen LogP contribution in [0.1, 0.15) is 43.2 Å². The Morgan fingerprint density at radius 1 is 1.30 bits per heavy atom. The third kappa shape index (κ3) is 2.47. The number of nitrogens with zero attached hydrogens (tertiary/aromatic N) is 2. The lowest BCUT2D eigenvalue weighted by Gasteiger charge is -2.34. The van der Waals surface area contributed by atoms with Crippen molar-refractivity contribution in [1.29, 1.82) is 0 Å². The summed E-state index contributed by atoms with van der Waals surface area (Å²) in [7, 11) is 0. The van der Waals surface area contributed by atoms with Crippen LogP contribution in [0.3, 0.4) is 0 Å². The fraction of sp³-hybridized carbons (Fsp3) is 0.667. The number of amides is 1. The van der Waals surface area contributed by atoms with E-state index >= 15 is 0 Å². The van der Waals surface area contributed by atoms with Crippen LogP contribution in [0.5, 0.6) is 0 Å². The van der Waals surface area contributed by atoms with Crippen molar-refractivity contribution in [2.45, 2.75) is 44.7 Å². The lowest BCUT2D eigenvalue weighted by atomic mass is 10.0. The van der Waals surface area contributed by atoms with Crippen LogP contribution in [0.4, 0.5) is 0 Å². The van der Waals surface area contributed by atoms with Gasteiger partial charge in [-0.2, -0.15) is 0 Å². The van der Waals surface area contributed by atoms with Crippen LogP contribution >= 0.6 is 11.6 Å². The van der Waals surface area contributed by atoms with Crippen LogP contribution in [0, 0.1) is 0 Å². The molecule has 3 rings (SSSR count). The number of rotatable bonds is 3. The molecule has 2 saturated heterocycles. The van der Waals surface area contributed by atoms with E-state index in [1.807, 2.05) is 4.90 Å². The SMILES string of the molecule is CCN1CCC[C@H]1[C@@H]1CCCN1C(=O)c1ccc(Cl)o1. The van der Waals surface area contributed by atoms with Gasteiger partial charge in [0.05, 0.1) is 0 Å². The Morgan fingerprint density at radius 2 is 2.05 bits per heavy atom. The molecule has 0 N–H and O–H groups in total. The van der Waals surface area contributed by atoms with Gasteiger partial charge in [-0.25, -0.2) is 0 Å². The molecule has 2 aliphatic rings. The van der Waals surface area contributed by atoms with Gasteiger partial charge in [0.25, 0.3) is 5.91 Å². The summed E-state index contributed by atoms with van der Waals surface area (Å²) in [5.41, 5.74) is 0. The monoisotopic (exact) mass is 296 g/mol. The number of carbonyl (C=O) groups excluding carboxylic acids is 1. The molecule has 0 radical (unpaired) electrons. The Bertz CT molecular complexity index is 488. The zero-order valence-electron chi connectivity index (χ0n) is 11.8. The van der Waals surface area contributed by atoms with Crippen molar-refractivity contribution in [1.82, 2.24) is 9.80 Å². The van der Waals surface area contributed by atoms with Gasteiger partial charge >= 0.3 is 0 Å². The number of furan rings is 1. The minimum absolute atomic E-state index is 0.0117. The Hall–Kier alpha value is -1.00. The Balaban J connectivity index is 1.77. The van der Waals surface area contributed by atoms with E-state index < -0.39 is 0 Å². The third-order valence-electron chi connectivity index (χ3n) is 4.61. The Morgan fingerprint density at radius 3 is 2.75 bits per heavy atom. The molecule has 5 heteroatoms. The highest BCUT2D eigenvalue weighted by Crippen LogP contribution is 2.31. The molecular weight excluding hydrogens is 276 g/mol. The second-order valence-corrected chi connectivity index (χ2v) is 6.02. The van der Waals surface area contributed by atoms with Gasteiger partial charge in [-0.3, -0.25) is 9.69 Å². The van der Waals surface area contributed by atoms with Gasteiger partial charge in [0.2, 0.25) is 0 Å². The van der Waals surface area contributed by atoms with Crippen LogP contribution in [0.2, 0.25) is 5.22 Å². The van der Waals surface area contributed by atoms with Crippen molar-refractivity contribution in [3.63, 3.8) is 0 Å². The van der Waals surface area contributed by atoms with E-state index in [1.165, 1.54) is 12.8 Å². The van der Waals surface area contributed by atoms with Crippen LogP contribution in [0.25, 0.3) is 0 Å². The van der Waals surface area contributed by atoms with E-state index in [-0.39, 0.29) is 11.1 Å². The van der Waals surface area contributed by atoms with E-state index in [9.17, 15) is 4.79 Å². The molecule has 1 amide bonds. The smallest absolute Gasteiger partial charge is 0.289 e. The Kier molecular flexibility index (Phi) is 4.03. The first-order valence-corrected chi connectivity index (χ1v) is 7.89.